The molecule has 0 bridgehead atoms. The minimum atomic E-state index is -0.590. The largest absolute Gasteiger partial charge is 0.433 e. The molecule has 0 fully saturated rings. The van der Waals surface area contributed by atoms with E-state index < -0.39 is 11.6 Å². The molecular weight excluding hydrogens is 342 g/mol. The quantitative estimate of drug-likeness (QED) is 0.861. The molecule has 0 radical (unpaired) electrons. The van der Waals surface area contributed by atoms with Crippen molar-refractivity contribution in [2.75, 3.05) is 0 Å². The number of hydrogen-bond donors (Lipinski definition) is 1. The molecule has 6 heteroatoms. The molecule has 2 rings (SSSR count). The molecule has 3 nitrogen and oxygen atoms in total. The van der Waals surface area contributed by atoms with Crippen LogP contribution in [0.3, 0.4) is 0 Å². The summed E-state index contributed by atoms with van der Waals surface area (Å²) < 4.78 is 33.8. The topological polar surface area (TPSA) is 34.2 Å². The Morgan fingerprint density at radius 3 is 2.71 bits per heavy atom. The Hall–Kier alpha value is -1.53. The Morgan fingerprint density at radius 1 is 1.29 bits per heavy atom. The Morgan fingerprint density at radius 2 is 2.05 bits per heavy atom. The molecule has 1 heterocycles. The van der Waals surface area contributed by atoms with Gasteiger partial charge in [0.15, 0.2) is 17.4 Å². The summed E-state index contributed by atoms with van der Waals surface area (Å²) in [5.41, 5.74) is 0.422. The predicted molar refractivity (Wildman–Crippen MR) is 80.3 cm³/mol. The first-order valence-electron chi connectivity index (χ1n) is 6.47. The van der Waals surface area contributed by atoms with E-state index in [1.807, 2.05) is 13.8 Å². The molecule has 0 saturated heterocycles. The Labute approximate surface area is 130 Å². The lowest BCUT2D eigenvalue weighted by Gasteiger charge is -2.11. The molecule has 1 aromatic heterocycles. The van der Waals surface area contributed by atoms with Gasteiger partial charge in [-0.05, 0) is 24.3 Å². The predicted octanol–water partition coefficient (Wildman–Crippen LogP) is 4.41. The van der Waals surface area contributed by atoms with Crippen molar-refractivity contribution in [2.45, 2.75) is 26.4 Å². The second-order valence-corrected chi connectivity index (χ2v) is 5.72. The van der Waals surface area contributed by atoms with E-state index in [1.165, 1.54) is 18.3 Å². The van der Waals surface area contributed by atoms with Crippen molar-refractivity contribution in [2.24, 2.45) is 0 Å². The lowest BCUT2D eigenvalue weighted by atomic mass is 10.2. The van der Waals surface area contributed by atoms with E-state index >= 15 is 0 Å². The van der Waals surface area contributed by atoms with Crippen LogP contribution >= 0.6 is 15.9 Å². The van der Waals surface area contributed by atoms with Gasteiger partial charge in [-0.3, -0.25) is 0 Å². The van der Waals surface area contributed by atoms with Crippen molar-refractivity contribution >= 4 is 15.9 Å². The maximum Gasteiger partial charge on any atom is 0.256 e. The highest BCUT2D eigenvalue weighted by Crippen LogP contribution is 2.28. The van der Waals surface area contributed by atoms with E-state index in [0.29, 0.717) is 16.6 Å². The third-order valence-corrected chi connectivity index (χ3v) is 3.23. The van der Waals surface area contributed by atoms with Crippen LogP contribution in [0.4, 0.5) is 8.78 Å². The maximum atomic E-state index is 14.3. The van der Waals surface area contributed by atoms with E-state index in [9.17, 15) is 8.78 Å². The number of nitrogens with one attached hydrogen (secondary N) is 1. The SMILES string of the molecule is CC(C)NCc1ccnc(Oc2ccc(Br)cc2F)c1F. The van der Waals surface area contributed by atoms with Gasteiger partial charge in [0.05, 0.1) is 0 Å². The van der Waals surface area contributed by atoms with Crippen molar-refractivity contribution in [3.63, 3.8) is 0 Å². The summed E-state index contributed by atoms with van der Waals surface area (Å²) in [7, 11) is 0. The van der Waals surface area contributed by atoms with Gasteiger partial charge in [-0.25, -0.2) is 13.8 Å². The number of pyridine rings is 1. The molecule has 0 spiro atoms. The lowest BCUT2D eigenvalue weighted by Crippen LogP contribution is -2.22. The molecule has 1 aromatic carbocycles. The Balaban J connectivity index is 2.22. The van der Waals surface area contributed by atoms with Gasteiger partial charge in [-0.2, -0.15) is 0 Å². The van der Waals surface area contributed by atoms with Crippen LogP contribution in [-0.4, -0.2) is 11.0 Å². The maximum absolute atomic E-state index is 14.3. The number of rotatable bonds is 5. The fourth-order valence-electron chi connectivity index (χ4n) is 1.65. The van der Waals surface area contributed by atoms with Crippen molar-refractivity contribution in [3.05, 3.63) is 52.1 Å². The van der Waals surface area contributed by atoms with E-state index in [1.54, 1.807) is 12.1 Å². The molecule has 0 amide bonds. The smallest absolute Gasteiger partial charge is 0.256 e. The number of nitrogens with zero attached hydrogens (tertiary/aromatic N) is 1. The Kier molecular flexibility index (Phi) is 5.25. The number of benzene rings is 1. The van der Waals surface area contributed by atoms with Crippen LogP contribution < -0.4 is 10.1 Å². The second-order valence-electron chi connectivity index (χ2n) is 4.80. The van der Waals surface area contributed by atoms with Gasteiger partial charge in [0.2, 0.25) is 0 Å². The van der Waals surface area contributed by atoms with E-state index in [4.69, 9.17) is 4.74 Å². The minimum Gasteiger partial charge on any atom is -0.433 e. The van der Waals surface area contributed by atoms with E-state index in [2.05, 4.69) is 26.2 Å². The molecule has 0 unspecified atom stereocenters. The summed E-state index contributed by atoms with van der Waals surface area (Å²) in [6.07, 6.45) is 1.44. The Bertz CT molecular complexity index is 635. The van der Waals surface area contributed by atoms with Crippen LogP contribution in [0.5, 0.6) is 11.6 Å². The lowest BCUT2D eigenvalue weighted by molar-refractivity contribution is 0.394. The van der Waals surface area contributed by atoms with Crippen LogP contribution in [0, 0.1) is 11.6 Å². The number of halogens is 3. The zero-order valence-corrected chi connectivity index (χ0v) is 13.2. The van der Waals surface area contributed by atoms with Gasteiger partial charge in [-0.15, -0.1) is 0 Å². The van der Waals surface area contributed by atoms with Gasteiger partial charge in [0, 0.05) is 28.8 Å². The van der Waals surface area contributed by atoms with Gasteiger partial charge in [-0.1, -0.05) is 29.8 Å². The molecule has 21 heavy (non-hydrogen) atoms. The summed E-state index contributed by atoms with van der Waals surface area (Å²) >= 11 is 3.15. The highest BCUT2D eigenvalue weighted by atomic mass is 79.9. The van der Waals surface area contributed by atoms with Crippen LogP contribution in [0.2, 0.25) is 0 Å². The molecule has 0 aliphatic heterocycles. The molecule has 0 aliphatic carbocycles. The first-order chi connectivity index (χ1) is 9.97. The molecule has 1 N–H and O–H groups in total. The summed E-state index contributed by atoms with van der Waals surface area (Å²) in [6.45, 7) is 4.28. The number of ether oxygens (including phenoxy) is 1. The van der Waals surface area contributed by atoms with Gasteiger partial charge >= 0.3 is 0 Å². The average molecular weight is 357 g/mol. The summed E-state index contributed by atoms with van der Waals surface area (Å²) in [6, 6.07) is 6.07. The fourth-order valence-corrected chi connectivity index (χ4v) is 1.98. The van der Waals surface area contributed by atoms with Crippen molar-refractivity contribution in [3.8, 4) is 11.6 Å². The number of aromatic nitrogens is 1. The summed E-state index contributed by atoms with van der Waals surface area (Å²) in [5.74, 6) is -1.48. The van der Waals surface area contributed by atoms with Crippen LogP contribution in [0.1, 0.15) is 19.4 Å². The van der Waals surface area contributed by atoms with Gasteiger partial charge < -0.3 is 10.1 Å². The molecule has 2 aromatic rings. The van der Waals surface area contributed by atoms with Crippen LogP contribution in [0.25, 0.3) is 0 Å². The monoisotopic (exact) mass is 356 g/mol. The molecular formula is C15H15BrF2N2O. The van der Waals surface area contributed by atoms with Crippen LogP contribution in [0.15, 0.2) is 34.9 Å². The normalized spacial score (nSPS) is 11.0. The van der Waals surface area contributed by atoms with Gasteiger partial charge in [0.25, 0.3) is 5.88 Å². The highest BCUT2D eigenvalue weighted by Gasteiger charge is 2.14. The first kappa shape index (κ1) is 15.9. The van der Waals surface area contributed by atoms with Gasteiger partial charge in [0.1, 0.15) is 0 Å². The zero-order chi connectivity index (χ0) is 15.4. The molecule has 0 aliphatic rings. The molecule has 0 atom stereocenters. The van der Waals surface area contributed by atoms with Crippen molar-refractivity contribution in [1.82, 2.24) is 10.3 Å². The molecule has 0 saturated carbocycles. The van der Waals surface area contributed by atoms with Crippen LogP contribution in [-0.2, 0) is 6.54 Å². The fraction of sp³-hybridized carbons (Fsp3) is 0.267. The van der Waals surface area contributed by atoms with E-state index in [0.717, 1.165) is 0 Å². The zero-order valence-electron chi connectivity index (χ0n) is 11.7. The first-order valence-corrected chi connectivity index (χ1v) is 7.26. The van der Waals surface area contributed by atoms with Crippen molar-refractivity contribution < 1.29 is 13.5 Å². The van der Waals surface area contributed by atoms with Crippen molar-refractivity contribution in [1.29, 1.82) is 0 Å². The highest BCUT2D eigenvalue weighted by molar-refractivity contribution is 9.10. The third kappa shape index (κ3) is 4.22. The third-order valence-electron chi connectivity index (χ3n) is 2.74. The summed E-state index contributed by atoms with van der Waals surface area (Å²) in [4.78, 5) is 3.82. The summed E-state index contributed by atoms with van der Waals surface area (Å²) in [5, 5.41) is 3.11. The standard InChI is InChI=1S/C15H15BrF2N2O/c1-9(2)20-8-10-5-6-19-15(14(10)18)21-13-4-3-11(16)7-12(13)17/h3-7,9,20H,8H2,1-2H3. The molecule has 112 valence electrons. The second kappa shape index (κ2) is 6.95. The minimum absolute atomic E-state index is 0.0708. The number of hydrogen-bond acceptors (Lipinski definition) is 3. The average Bonchev–Trinajstić information content (AvgIpc) is 2.42. The van der Waals surface area contributed by atoms with E-state index in [-0.39, 0.29) is 17.7 Å².